The molecule has 0 amide bonds. The van der Waals surface area contributed by atoms with E-state index in [1.54, 1.807) is 0 Å². The Morgan fingerprint density at radius 2 is 0.907 bits per heavy atom. The van der Waals surface area contributed by atoms with Crippen molar-refractivity contribution in [2.45, 2.75) is 142 Å². The lowest BCUT2D eigenvalue weighted by molar-refractivity contribution is -0.227. The predicted molar refractivity (Wildman–Crippen MR) is 206 cm³/mol. The average Bonchev–Trinajstić information content (AvgIpc) is 3.19. The van der Waals surface area contributed by atoms with E-state index in [2.05, 4.69) is 26.0 Å². The average molecular weight is 743 g/mol. The van der Waals surface area contributed by atoms with E-state index in [1.165, 1.54) is 22.3 Å². The van der Waals surface area contributed by atoms with Gasteiger partial charge in [0.1, 0.15) is 11.5 Å². The number of fused-ring (bicyclic) bond motifs is 2. The minimum atomic E-state index is -0.174. The van der Waals surface area contributed by atoms with Crippen molar-refractivity contribution in [3.63, 3.8) is 0 Å². The fourth-order valence-electron chi connectivity index (χ4n) is 10.2. The number of benzene rings is 2. The van der Waals surface area contributed by atoms with Crippen molar-refractivity contribution in [2.24, 2.45) is 35.5 Å². The van der Waals surface area contributed by atoms with Gasteiger partial charge in [-0.2, -0.15) is 0 Å². The van der Waals surface area contributed by atoms with E-state index >= 15 is 0 Å². The van der Waals surface area contributed by atoms with Crippen molar-refractivity contribution in [1.82, 2.24) is 0 Å². The number of ether oxygens (including phenoxy) is 6. The Bertz CT molecular complexity index is 1480. The maximum atomic E-state index is 13.8. The van der Waals surface area contributed by atoms with E-state index in [0.29, 0.717) is 59.8 Å². The van der Waals surface area contributed by atoms with Gasteiger partial charge in [-0.1, -0.05) is 26.0 Å². The standard InChI is InChI=1S/C46H62O8/c1-29-25-49-45(50-26-29)35-15-11-31(12-16-35)23-41(47)53-39-21-19-33-7-3-5-9-37(33)43(39)44-38-10-6-4-8-34(38)20-22-40(44)54-42(48)24-32-13-17-36(18-14-32)46-51-27-30(2)28-52-46/h19-22,29-32,35-36,45-46H,3-18,23-28H2,1-2H3. The van der Waals surface area contributed by atoms with Crippen LogP contribution < -0.4 is 9.47 Å². The van der Waals surface area contributed by atoms with Gasteiger partial charge in [-0.3, -0.25) is 9.59 Å². The molecular weight excluding hydrogens is 680 g/mol. The van der Waals surface area contributed by atoms with Crippen LogP contribution in [0.1, 0.15) is 126 Å². The van der Waals surface area contributed by atoms with E-state index in [-0.39, 0.29) is 24.5 Å². The molecule has 2 saturated carbocycles. The smallest absolute Gasteiger partial charge is 0.311 e. The highest BCUT2D eigenvalue weighted by molar-refractivity contribution is 5.88. The van der Waals surface area contributed by atoms with E-state index in [4.69, 9.17) is 28.4 Å². The molecule has 0 atom stereocenters. The summed E-state index contributed by atoms with van der Waals surface area (Å²) in [6.45, 7) is 7.36. The maximum absolute atomic E-state index is 13.8. The van der Waals surface area contributed by atoms with Crippen molar-refractivity contribution < 1.29 is 38.0 Å². The molecule has 6 aliphatic rings. The third-order valence-electron chi connectivity index (χ3n) is 13.3. The lowest BCUT2D eigenvalue weighted by atomic mass is 9.79. The summed E-state index contributed by atoms with van der Waals surface area (Å²) in [5.41, 5.74) is 7.11. The van der Waals surface area contributed by atoms with Crippen LogP contribution in [0, 0.1) is 35.5 Å². The monoisotopic (exact) mass is 742 g/mol. The molecule has 2 heterocycles. The lowest BCUT2D eigenvalue weighted by Gasteiger charge is -2.36. The number of rotatable bonds is 9. The molecule has 294 valence electrons. The van der Waals surface area contributed by atoms with Crippen molar-refractivity contribution in [3.05, 3.63) is 46.5 Å². The van der Waals surface area contributed by atoms with E-state index in [1.807, 2.05) is 12.1 Å². The van der Waals surface area contributed by atoms with E-state index in [0.717, 1.165) is 140 Å². The van der Waals surface area contributed by atoms with Crippen LogP contribution in [-0.4, -0.2) is 50.9 Å². The summed E-state index contributed by atoms with van der Waals surface area (Å²) in [4.78, 5) is 27.6. The van der Waals surface area contributed by atoms with Crippen LogP contribution in [-0.2, 0) is 54.2 Å². The fourth-order valence-corrected chi connectivity index (χ4v) is 10.2. The van der Waals surface area contributed by atoms with Crippen molar-refractivity contribution >= 4 is 11.9 Å². The van der Waals surface area contributed by atoms with Crippen LogP contribution >= 0.6 is 0 Å². The molecule has 8 heteroatoms. The molecule has 2 aliphatic heterocycles. The molecular formula is C46H62O8. The summed E-state index contributed by atoms with van der Waals surface area (Å²) in [7, 11) is 0. The highest BCUT2D eigenvalue weighted by Crippen LogP contribution is 2.48. The van der Waals surface area contributed by atoms with Gasteiger partial charge in [-0.15, -0.1) is 0 Å². The SMILES string of the molecule is CC1COC(C2CCC(CC(=O)Oc3ccc4c(c3-c3c(OC(=O)CC5CCC(C6OCC(C)CO6)CC5)ccc5c3CCCC5)CCCC4)CC2)OC1. The third kappa shape index (κ3) is 8.93. The quantitative estimate of drug-likeness (QED) is 0.186. The van der Waals surface area contributed by atoms with Gasteiger partial charge in [0, 0.05) is 47.6 Å². The molecule has 0 bridgehead atoms. The molecule has 0 N–H and O–H groups in total. The van der Waals surface area contributed by atoms with Crippen molar-refractivity contribution in [3.8, 4) is 22.6 Å². The number of carbonyl (C=O) groups is 2. The topological polar surface area (TPSA) is 89.5 Å². The molecule has 2 aromatic rings. The van der Waals surface area contributed by atoms with Gasteiger partial charge in [0.2, 0.25) is 0 Å². The lowest BCUT2D eigenvalue weighted by Crippen LogP contribution is -2.37. The summed E-state index contributed by atoms with van der Waals surface area (Å²) in [5.74, 6) is 3.15. The molecule has 4 aliphatic carbocycles. The summed E-state index contributed by atoms with van der Waals surface area (Å²) in [6, 6.07) is 8.36. The minimum absolute atomic E-state index is 0.109. The van der Waals surface area contributed by atoms with Crippen LogP contribution in [0.5, 0.6) is 11.5 Å². The first-order valence-corrected chi connectivity index (χ1v) is 21.6. The van der Waals surface area contributed by atoms with Gasteiger partial charge >= 0.3 is 11.9 Å². The molecule has 0 spiro atoms. The normalized spacial score (nSPS) is 31.5. The first-order chi connectivity index (χ1) is 26.4. The number of aryl methyl sites for hydroxylation is 2. The first-order valence-electron chi connectivity index (χ1n) is 21.6. The summed E-state index contributed by atoms with van der Waals surface area (Å²) >= 11 is 0. The molecule has 2 aromatic carbocycles. The molecule has 0 unspecified atom stereocenters. The Labute approximate surface area is 322 Å². The van der Waals surface area contributed by atoms with Crippen LogP contribution in [0.3, 0.4) is 0 Å². The fraction of sp³-hybridized carbons (Fsp3) is 0.696. The summed E-state index contributed by atoms with van der Waals surface area (Å²) < 4.78 is 36.9. The highest BCUT2D eigenvalue weighted by atomic mass is 16.7. The summed E-state index contributed by atoms with van der Waals surface area (Å²) in [6.07, 6.45) is 16.9. The van der Waals surface area contributed by atoms with Gasteiger partial charge in [0.05, 0.1) is 26.4 Å². The second kappa shape index (κ2) is 17.6. The van der Waals surface area contributed by atoms with Crippen LogP contribution in [0.2, 0.25) is 0 Å². The van der Waals surface area contributed by atoms with Gasteiger partial charge in [0.25, 0.3) is 0 Å². The van der Waals surface area contributed by atoms with Crippen LogP contribution in [0.4, 0.5) is 0 Å². The molecule has 8 rings (SSSR count). The van der Waals surface area contributed by atoms with Gasteiger partial charge in [-0.25, -0.2) is 0 Å². The first kappa shape index (κ1) is 38.1. The van der Waals surface area contributed by atoms with Crippen LogP contribution in [0.25, 0.3) is 11.1 Å². The zero-order valence-corrected chi connectivity index (χ0v) is 32.8. The Kier molecular flexibility index (Phi) is 12.4. The Hall–Kier alpha value is -2.78. The predicted octanol–water partition coefficient (Wildman–Crippen LogP) is 9.33. The number of esters is 2. The molecule has 0 aromatic heterocycles. The van der Waals surface area contributed by atoms with Crippen molar-refractivity contribution in [1.29, 1.82) is 0 Å². The second-order valence-electron chi connectivity index (χ2n) is 17.8. The Morgan fingerprint density at radius 1 is 0.537 bits per heavy atom. The van der Waals surface area contributed by atoms with Crippen LogP contribution in [0.15, 0.2) is 24.3 Å². The Morgan fingerprint density at radius 3 is 1.30 bits per heavy atom. The largest absolute Gasteiger partial charge is 0.426 e. The molecule has 54 heavy (non-hydrogen) atoms. The molecule has 2 saturated heterocycles. The number of hydrogen-bond donors (Lipinski definition) is 0. The van der Waals surface area contributed by atoms with E-state index in [9.17, 15) is 9.59 Å². The zero-order valence-electron chi connectivity index (χ0n) is 32.8. The third-order valence-corrected chi connectivity index (χ3v) is 13.3. The van der Waals surface area contributed by atoms with Gasteiger partial charge in [0.15, 0.2) is 12.6 Å². The molecule has 0 radical (unpaired) electrons. The number of carbonyl (C=O) groups excluding carboxylic acids is 2. The number of hydrogen-bond acceptors (Lipinski definition) is 8. The van der Waals surface area contributed by atoms with Gasteiger partial charge < -0.3 is 28.4 Å². The zero-order chi connectivity index (χ0) is 37.0. The summed E-state index contributed by atoms with van der Waals surface area (Å²) in [5, 5.41) is 0. The highest BCUT2D eigenvalue weighted by Gasteiger charge is 2.35. The van der Waals surface area contributed by atoms with Gasteiger partial charge in [-0.05, 0) is 149 Å². The molecule has 8 nitrogen and oxygen atoms in total. The van der Waals surface area contributed by atoms with E-state index < -0.39 is 0 Å². The Balaban J connectivity index is 0.981. The minimum Gasteiger partial charge on any atom is -0.426 e. The second-order valence-corrected chi connectivity index (χ2v) is 17.8. The van der Waals surface area contributed by atoms with Crippen molar-refractivity contribution in [2.75, 3.05) is 26.4 Å². The maximum Gasteiger partial charge on any atom is 0.311 e. The molecule has 4 fully saturated rings.